The molecule has 0 aliphatic carbocycles. The van der Waals surface area contributed by atoms with E-state index >= 15 is 0 Å². The molecule has 0 aromatic heterocycles. The molecule has 0 saturated heterocycles. The zero-order valence-electron chi connectivity index (χ0n) is 12.1. The number of phenolic OH excluding ortho intramolecular Hbond substituents is 1. The molecule has 0 fully saturated rings. The Balaban J connectivity index is 2.10. The SMILES string of the molecule is Cc1ccc(NC(=O)/C=C/c2cccc(N)c2)c(C)c1O. The van der Waals surface area contributed by atoms with Gasteiger partial charge in [-0.05, 0) is 49.2 Å². The molecule has 1 amide bonds. The quantitative estimate of drug-likeness (QED) is 0.597. The number of phenols is 1. The Morgan fingerprint density at radius 2 is 2.00 bits per heavy atom. The molecule has 0 radical (unpaired) electrons. The second kappa shape index (κ2) is 6.13. The van der Waals surface area contributed by atoms with Gasteiger partial charge in [0, 0.05) is 23.0 Å². The minimum Gasteiger partial charge on any atom is -0.507 e. The topological polar surface area (TPSA) is 75.4 Å². The summed E-state index contributed by atoms with van der Waals surface area (Å²) in [5.74, 6) is -0.0589. The number of amides is 1. The van der Waals surface area contributed by atoms with E-state index in [1.807, 2.05) is 19.1 Å². The van der Waals surface area contributed by atoms with Crippen LogP contribution in [0.4, 0.5) is 11.4 Å². The smallest absolute Gasteiger partial charge is 0.248 e. The zero-order valence-corrected chi connectivity index (χ0v) is 12.1. The molecule has 2 aromatic carbocycles. The highest BCUT2D eigenvalue weighted by atomic mass is 16.3. The molecule has 2 aromatic rings. The van der Waals surface area contributed by atoms with Gasteiger partial charge in [0.2, 0.25) is 5.91 Å². The van der Waals surface area contributed by atoms with Crippen molar-refractivity contribution in [2.24, 2.45) is 0 Å². The van der Waals surface area contributed by atoms with Crippen LogP contribution in [0.1, 0.15) is 16.7 Å². The van der Waals surface area contributed by atoms with Crippen LogP contribution in [-0.4, -0.2) is 11.0 Å². The monoisotopic (exact) mass is 282 g/mol. The van der Waals surface area contributed by atoms with Gasteiger partial charge in [0.25, 0.3) is 0 Å². The maximum atomic E-state index is 11.9. The van der Waals surface area contributed by atoms with Gasteiger partial charge in [0.1, 0.15) is 5.75 Å². The van der Waals surface area contributed by atoms with Crippen LogP contribution in [-0.2, 0) is 4.79 Å². The Labute approximate surface area is 123 Å². The van der Waals surface area contributed by atoms with Crippen LogP contribution in [0.15, 0.2) is 42.5 Å². The van der Waals surface area contributed by atoms with Crippen molar-refractivity contribution in [1.82, 2.24) is 0 Å². The lowest BCUT2D eigenvalue weighted by Gasteiger charge is -2.10. The number of hydrogen-bond acceptors (Lipinski definition) is 3. The predicted octanol–water partition coefficient (Wildman–Crippen LogP) is 3.24. The molecule has 0 heterocycles. The number of hydrogen-bond donors (Lipinski definition) is 3. The van der Waals surface area contributed by atoms with E-state index in [9.17, 15) is 9.90 Å². The van der Waals surface area contributed by atoms with Crippen LogP contribution >= 0.6 is 0 Å². The van der Waals surface area contributed by atoms with Crippen LogP contribution in [0.5, 0.6) is 5.75 Å². The third kappa shape index (κ3) is 3.63. The molecule has 0 aliphatic heterocycles. The number of nitrogens with two attached hydrogens (primary N) is 1. The number of nitrogen functional groups attached to an aromatic ring is 1. The van der Waals surface area contributed by atoms with E-state index in [2.05, 4.69) is 5.32 Å². The molecule has 0 aliphatic rings. The molecule has 4 heteroatoms. The van der Waals surface area contributed by atoms with Crippen molar-refractivity contribution < 1.29 is 9.90 Å². The van der Waals surface area contributed by atoms with E-state index in [0.29, 0.717) is 16.9 Å². The van der Waals surface area contributed by atoms with Gasteiger partial charge in [0.05, 0.1) is 0 Å². The van der Waals surface area contributed by atoms with Crippen LogP contribution in [0.3, 0.4) is 0 Å². The van der Waals surface area contributed by atoms with E-state index in [-0.39, 0.29) is 11.7 Å². The highest BCUT2D eigenvalue weighted by Gasteiger charge is 2.07. The Kier molecular flexibility index (Phi) is 4.28. The maximum absolute atomic E-state index is 11.9. The highest BCUT2D eigenvalue weighted by Crippen LogP contribution is 2.27. The van der Waals surface area contributed by atoms with Gasteiger partial charge in [-0.1, -0.05) is 18.2 Å². The van der Waals surface area contributed by atoms with Crippen molar-refractivity contribution >= 4 is 23.4 Å². The molecule has 4 N–H and O–H groups in total. The maximum Gasteiger partial charge on any atom is 0.248 e. The van der Waals surface area contributed by atoms with E-state index in [0.717, 1.165) is 11.1 Å². The Hall–Kier alpha value is -2.75. The van der Waals surface area contributed by atoms with Crippen LogP contribution in [0, 0.1) is 13.8 Å². The van der Waals surface area contributed by atoms with Crippen molar-refractivity contribution in [3.05, 3.63) is 59.2 Å². The summed E-state index contributed by atoms with van der Waals surface area (Å²) in [6, 6.07) is 10.8. The molecule has 0 spiro atoms. The Bertz CT molecular complexity index is 706. The normalized spacial score (nSPS) is 10.8. The molecule has 0 bridgehead atoms. The average molecular weight is 282 g/mol. The second-order valence-electron chi connectivity index (χ2n) is 4.90. The summed E-state index contributed by atoms with van der Waals surface area (Å²) in [6.45, 7) is 3.58. The Morgan fingerprint density at radius 3 is 2.71 bits per heavy atom. The molecule has 21 heavy (non-hydrogen) atoms. The Morgan fingerprint density at radius 1 is 1.24 bits per heavy atom. The van der Waals surface area contributed by atoms with E-state index in [1.54, 1.807) is 37.3 Å². The summed E-state index contributed by atoms with van der Waals surface area (Å²) in [6.07, 6.45) is 3.13. The molecular formula is C17H18N2O2. The molecule has 4 nitrogen and oxygen atoms in total. The molecule has 2 rings (SSSR count). The van der Waals surface area contributed by atoms with Crippen molar-refractivity contribution in [3.63, 3.8) is 0 Å². The third-order valence-electron chi connectivity index (χ3n) is 3.23. The first-order valence-corrected chi connectivity index (χ1v) is 6.61. The lowest BCUT2D eigenvalue weighted by Crippen LogP contribution is -2.09. The first-order valence-electron chi connectivity index (χ1n) is 6.61. The lowest BCUT2D eigenvalue weighted by atomic mass is 10.1. The summed E-state index contributed by atoms with van der Waals surface area (Å²) < 4.78 is 0. The fraction of sp³-hybridized carbons (Fsp3) is 0.118. The van der Waals surface area contributed by atoms with Gasteiger partial charge >= 0.3 is 0 Å². The summed E-state index contributed by atoms with van der Waals surface area (Å²) in [5.41, 5.74) is 9.21. The number of carbonyl (C=O) groups excluding carboxylic acids is 1. The highest BCUT2D eigenvalue weighted by molar-refractivity contribution is 6.02. The predicted molar refractivity (Wildman–Crippen MR) is 86.1 cm³/mol. The van der Waals surface area contributed by atoms with Gasteiger partial charge < -0.3 is 16.2 Å². The first-order chi connectivity index (χ1) is 9.97. The third-order valence-corrected chi connectivity index (χ3v) is 3.23. The second-order valence-corrected chi connectivity index (χ2v) is 4.90. The number of carbonyl (C=O) groups is 1. The number of rotatable bonds is 3. The summed E-state index contributed by atoms with van der Waals surface area (Å²) in [5, 5.41) is 12.6. The van der Waals surface area contributed by atoms with Crippen LogP contribution < -0.4 is 11.1 Å². The van der Waals surface area contributed by atoms with Crippen molar-refractivity contribution in [2.45, 2.75) is 13.8 Å². The lowest BCUT2D eigenvalue weighted by molar-refractivity contribution is -0.111. The number of nitrogens with one attached hydrogen (secondary N) is 1. The minimum absolute atomic E-state index is 0.201. The number of aromatic hydroxyl groups is 1. The summed E-state index contributed by atoms with van der Waals surface area (Å²) in [7, 11) is 0. The van der Waals surface area contributed by atoms with E-state index < -0.39 is 0 Å². The molecule has 0 saturated carbocycles. The summed E-state index contributed by atoms with van der Waals surface area (Å²) >= 11 is 0. The number of anilines is 2. The van der Waals surface area contributed by atoms with Gasteiger partial charge in [-0.3, -0.25) is 4.79 Å². The van der Waals surface area contributed by atoms with Gasteiger partial charge in [-0.15, -0.1) is 0 Å². The van der Waals surface area contributed by atoms with Crippen LogP contribution in [0.2, 0.25) is 0 Å². The van der Waals surface area contributed by atoms with Crippen molar-refractivity contribution in [2.75, 3.05) is 11.1 Å². The van der Waals surface area contributed by atoms with Gasteiger partial charge in [0.15, 0.2) is 0 Å². The fourth-order valence-corrected chi connectivity index (χ4v) is 1.98. The molecule has 0 atom stereocenters. The standard InChI is InChI=1S/C17H18N2O2/c1-11-6-8-15(12(2)17(11)21)19-16(20)9-7-13-4-3-5-14(18)10-13/h3-10,21H,18H2,1-2H3,(H,19,20)/b9-7+. The van der Waals surface area contributed by atoms with Gasteiger partial charge in [-0.2, -0.15) is 0 Å². The van der Waals surface area contributed by atoms with Crippen LogP contribution in [0.25, 0.3) is 6.08 Å². The summed E-state index contributed by atoms with van der Waals surface area (Å²) in [4.78, 5) is 11.9. The molecule has 0 unspecified atom stereocenters. The van der Waals surface area contributed by atoms with Gasteiger partial charge in [-0.25, -0.2) is 0 Å². The van der Waals surface area contributed by atoms with E-state index in [1.165, 1.54) is 6.08 Å². The van der Waals surface area contributed by atoms with Crippen molar-refractivity contribution in [1.29, 1.82) is 0 Å². The van der Waals surface area contributed by atoms with E-state index in [4.69, 9.17) is 5.73 Å². The molecular weight excluding hydrogens is 264 g/mol. The number of benzene rings is 2. The minimum atomic E-state index is -0.260. The first kappa shape index (κ1) is 14.7. The number of aryl methyl sites for hydroxylation is 1. The average Bonchev–Trinajstić information content (AvgIpc) is 2.46. The molecule has 108 valence electrons. The fourth-order valence-electron chi connectivity index (χ4n) is 1.98. The zero-order chi connectivity index (χ0) is 15.4. The van der Waals surface area contributed by atoms with Crippen molar-refractivity contribution in [3.8, 4) is 5.75 Å². The largest absolute Gasteiger partial charge is 0.507 e.